The molecular weight excluding hydrogens is 258 g/mol. The number of rotatable bonds is 5. The highest BCUT2D eigenvalue weighted by atomic mass is 16.5. The van der Waals surface area contributed by atoms with Crippen LogP contribution in [-0.2, 0) is 14.3 Å². The molecule has 1 atom stereocenters. The predicted molar refractivity (Wildman–Crippen MR) is 75.8 cm³/mol. The second kappa shape index (κ2) is 6.41. The number of methoxy groups -OCH3 is 1. The van der Waals surface area contributed by atoms with E-state index in [1.165, 1.54) is 7.11 Å². The van der Waals surface area contributed by atoms with E-state index in [2.05, 4.69) is 18.7 Å². The van der Waals surface area contributed by atoms with E-state index >= 15 is 0 Å². The molecule has 1 N–H and O–H groups in total. The van der Waals surface area contributed by atoms with Gasteiger partial charge >= 0.3 is 5.97 Å². The van der Waals surface area contributed by atoms with Gasteiger partial charge in [0.1, 0.15) is 0 Å². The minimum absolute atomic E-state index is 0.288. The number of aliphatic carboxylic acids is 1. The Hall–Kier alpha value is -0.650. The lowest BCUT2D eigenvalue weighted by Crippen LogP contribution is -2.46. The maximum atomic E-state index is 11.4. The fourth-order valence-electron chi connectivity index (χ4n) is 3.48. The van der Waals surface area contributed by atoms with E-state index < -0.39 is 11.6 Å². The Morgan fingerprint density at radius 2 is 1.95 bits per heavy atom. The van der Waals surface area contributed by atoms with Crippen molar-refractivity contribution < 1.29 is 19.4 Å². The Bertz CT molecular complexity index is 339. The van der Waals surface area contributed by atoms with Crippen LogP contribution >= 0.6 is 0 Å². The third-order valence-electron chi connectivity index (χ3n) is 4.67. The van der Waals surface area contributed by atoms with Crippen molar-refractivity contribution in [3.8, 4) is 0 Å². The van der Waals surface area contributed by atoms with Crippen LogP contribution in [0.3, 0.4) is 0 Å². The van der Waals surface area contributed by atoms with Gasteiger partial charge in [-0.2, -0.15) is 0 Å². The van der Waals surface area contributed by atoms with Gasteiger partial charge in [-0.25, -0.2) is 4.79 Å². The molecule has 116 valence electrons. The SMILES string of the molecule is CO[C@]1(C(=O)O)CCN([C@H]2CC[C@H](OC(C)C)CC2)C1. The molecule has 1 heterocycles. The van der Waals surface area contributed by atoms with Gasteiger partial charge in [0.15, 0.2) is 5.60 Å². The summed E-state index contributed by atoms with van der Waals surface area (Å²) in [5.41, 5.74) is -0.995. The third-order valence-corrected chi connectivity index (χ3v) is 4.67. The van der Waals surface area contributed by atoms with E-state index in [0.717, 1.165) is 32.2 Å². The van der Waals surface area contributed by atoms with Crippen LogP contribution in [0.5, 0.6) is 0 Å². The van der Waals surface area contributed by atoms with Crippen molar-refractivity contribution in [1.29, 1.82) is 0 Å². The fourth-order valence-corrected chi connectivity index (χ4v) is 3.48. The molecule has 0 spiro atoms. The number of likely N-dealkylation sites (tertiary alicyclic amines) is 1. The van der Waals surface area contributed by atoms with E-state index in [-0.39, 0.29) is 6.10 Å². The average Bonchev–Trinajstić information content (AvgIpc) is 2.85. The number of hydrogen-bond acceptors (Lipinski definition) is 4. The topological polar surface area (TPSA) is 59.0 Å². The van der Waals surface area contributed by atoms with Crippen LogP contribution in [0.15, 0.2) is 0 Å². The van der Waals surface area contributed by atoms with Gasteiger partial charge in [0.2, 0.25) is 0 Å². The summed E-state index contributed by atoms with van der Waals surface area (Å²) in [6.07, 6.45) is 5.59. The molecule has 0 aromatic carbocycles. The van der Waals surface area contributed by atoms with Gasteiger partial charge in [0, 0.05) is 32.7 Å². The first kappa shape index (κ1) is 15.7. The quantitative estimate of drug-likeness (QED) is 0.836. The first-order valence-corrected chi connectivity index (χ1v) is 7.65. The number of carbonyl (C=O) groups is 1. The minimum Gasteiger partial charge on any atom is -0.479 e. The second-order valence-corrected chi connectivity index (χ2v) is 6.34. The Morgan fingerprint density at radius 3 is 2.40 bits per heavy atom. The summed E-state index contributed by atoms with van der Waals surface area (Å²) >= 11 is 0. The number of nitrogens with zero attached hydrogens (tertiary/aromatic N) is 1. The van der Waals surface area contributed by atoms with Crippen molar-refractivity contribution in [2.24, 2.45) is 0 Å². The minimum atomic E-state index is -0.995. The van der Waals surface area contributed by atoms with Crippen molar-refractivity contribution in [2.75, 3.05) is 20.2 Å². The number of carboxylic acid groups (broad SMARTS) is 1. The lowest BCUT2D eigenvalue weighted by molar-refractivity contribution is -0.160. The maximum Gasteiger partial charge on any atom is 0.337 e. The van der Waals surface area contributed by atoms with Crippen LogP contribution in [0.1, 0.15) is 46.0 Å². The van der Waals surface area contributed by atoms with Crippen molar-refractivity contribution in [3.05, 3.63) is 0 Å². The summed E-state index contributed by atoms with van der Waals surface area (Å²) in [6.45, 7) is 5.48. The molecular formula is C15H27NO4. The zero-order valence-electron chi connectivity index (χ0n) is 12.8. The van der Waals surface area contributed by atoms with Gasteiger partial charge in [-0.1, -0.05) is 0 Å². The zero-order valence-corrected chi connectivity index (χ0v) is 12.8. The van der Waals surface area contributed by atoms with Crippen LogP contribution in [0.25, 0.3) is 0 Å². The van der Waals surface area contributed by atoms with Crippen molar-refractivity contribution in [1.82, 2.24) is 4.90 Å². The van der Waals surface area contributed by atoms with Crippen LogP contribution in [0.2, 0.25) is 0 Å². The fraction of sp³-hybridized carbons (Fsp3) is 0.933. The highest BCUT2D eigenvalue weighted by Crippen LogP contribution is 2.32. The third kappa shape index (κ3) is 3.32. The van der Waals surface area contributed by atoms with E-state index in [1.807, 2.05) is 0 Å². The summed E-state index contributed by atoms with van der Waals surface area (Å²) in [5.74, 6) is -0.834. The van der Waals surface area contributed by atoms with Gasteiger partial charge in [-0.05, 0) is 39.5 Å². The van der Waals surface area contributed by atoms with E-state index in [9.17, 15) is 9.90 Å². The summed E-state index contributed by atoms with van der Waals surface area (Å²) in [6, 6.07) is 0.485. The summed E-state index contributed by atoms with van der Waals surface area (Å²) in [7, 11) is 1.50. The molecule has 0 aromatic heterocycles. The lowest BCUT2D eigenvalue weighted by atomic mass is 9.91. The van der Waals surface area contributed by atoms with E-state index in [1.54, 1.807) is 0 Å². The van der Waals surface area contributed by atoms with Crippen LogP contribution in [0.4, 0.5) is 0 Å². The molecule has 2 aliphatic rings. The van der Waals surface area contributed by atoms with Gasteiger partial charge in [-0.15, -0.1) is 0 Å². The molecule has 0 amide bonds. The molecule has 1 aliphatic carbocycles. The molecule has 0 unspecified atom stereocenters. The van der Waals surface area contributed by atoms with E-state index in [4.69, 9.17) is 9.47 Å². The Kier molecular flexibility index (Phi) is 5.04. The highest BCUT2D eigenvalue weighted by molar-refractivity contribution is 5.78. The molecule has 5 nitrogen and oxygen atoms in total. The largest absolute Gasteiger partial charge is 0.479 e. The van der Waals surface area contributed by atoms with Gasteiger partial charge < -0.3 is 14.6 Å². The monoisotopic (exact) mass is 285 g/mol. The number of carboxylic acids is 1. The summed E-state index contributed by atoms with van der Waals surface area (Å²) < 4.78 is 11.2. The molecule has 2 fully saturated rings. The first-order valence-electron chi connectivity index (χ1n) is 7.65. The van der Waals surface area contributed by atoms with E-state index in [0.29, 0.717) is 25.1 Å². The Balaban J connectivity index is 1.85. The normalized spacial score (nSPS) is 35.6. The first-order chi connectivity index (χ1) is 9.47. The maximum absolute atomic E-state index is 11.4. The average molecular weight is 285 g/mol. The molecule has 0 aromatic rings. The molecule has 0 radical (unpaired) electrons. The van der Waals surface area contributed by atoms with Crippen molar-refractivity contribution >= 4 is 5.97 Å². The van der Waals surface area contributed by atoms with Gasteiger partial charge in [0.05, 0.1) is 12.2 Å². The molecule has 1 saturated heterocycles. The van der Waals surface area contributed by atoms with Gasteiger partial charge in [0.25, 0.3) is 0 Å². The smallest absolute Gasteiger partial charge is 0.337 e. The zero-order chi connectivity index (χ0) is 14.8. The Labute approximate surface area is 121 Å². The molecule has 5 heteroatoms. The van der Waals surface area contributed by atoms with Gasteiger partial charge in [-0.3, -0.25) is 4.90 Å². The van der Waals surface area contributed by atoms with Crippen LogP contribution < -0.4 is 0 Å². The Morgan fingerprint density at radius 1 is 1.30 bits per heavy atom. The van der Waals surface area contributed by atoms with Crippen molar-refractivity contribution in [2.45, 2.75) is 69.8 Å². The number of hydrogen-bond donors (Lipinski definition) is 1. The van der Waals surface area contributed by atoms with Crippen LogP contribution in [0, 0.1) is 0 Å². The molecule has 2 rings (SSSR count). The molecule has 1 saturated carbocycles. The standard InChI is InChI=1S/C15H27NO4/c1-11(2)20-13-6-4-12(5-7-13)16-9-8-15(10-16,19-3)14(17)18/h11-13H,4-10H2,1-3H3,(H,17,18)/t12-,13-,15-/m1/s1. The molecule has 1 aliphatic heterocycles. The highest BCUT2D eigenvalue weighted by Gasteiger charge is 2.47. The van der Waals surface area contributed by atoms with Crippen LogP contribution in [-0.4, -0.2) is 60.0 Å². The number of ether oxygens (including phenoxy) is 2. The second-order valence-electron chi connectivity index (χ2n) is 6.34. The lowest BCUT2D eigenvalue weighted by Gasteiger charge is -2.35. The molecule has 0 bridgehead atoms. The summed E-state index contributed by atoms with van der Waals surface area (Å²) in [5, 5.41) is 9.35. The van der Waals surface area contributed by atoms with Crippen molar-refractivity contribution in [3.63, 3.8) is 0 Å². The summed E-state index contributed by atoms with van der Waals surface area (Å²) in [4.78, 5) is 13.7. The molecule has 20 heavy (non-hydrogen) atoms. The predicted octanol–water partition coefficient (Wildman–Crippen LogP) is 1.90.